The summed E-state index contributed by atoms with van der Waals surface area (Å²) in [5.41, 5.74) is -0.0354. The second-order valence-electron chi connectivity index (χ2n) is 13.6. The van der Waals surface area contributed by atoms with E-state index in [9.17, 15) is 39.0 Å². The fourth-order valence-electron chi connectivity index (χ4n) is 5.17. The summed E-state index contributed by atoms with van der Waals surface area (Å²) in [7, 11) is 0. The number of hydrogen-bond donors (Lipinski definition) is 8. The summed E-state index contributed by atoms with van der Waals surface area (Å²) in [6, 6.07) is -6.49. The summed E-state index contributed by atoms with van der Waals surface area (Å²) in [5.74, 6) is -5.05. The maximum absolute atomic E-state index is 13.7. The van der Waals surface area contributed by atoms with Gasteiger partial charge in [0.1, 0.15) is 45.6 Å². The highest BCUT2D eigenvalue weighted by Crippen LogP contribution is 2.27. The normalized spacial score (nSPS) is 26.5. The van der Waals surface area contributed by atoms with Crippen LogP contribution in [0, 0.1) is 17.8 Å². The van der Waals surface area contributed by atoms with Crippen molar-refractivity contribution in [2.45, 2.75) is 117 Å². The van der Waals surface area contributed by atoms with Crippen molar-refractivity contribution in [3.8, 4) is 0 Å². The highest BCUT2D eigenvalue weighted by Gasteiger charge is 2.36. The van der Waals surface area contributed by atoms with E-state index in [1.165, 1.54) is 31.5 Å². The largest absolute Gasteiger partial charge is 0.391 e. The number of carbonyl (C=O) groups excluding carboxylic acids is 6. The molecule has 4 bridgehead atoms. The van der Waals surface area contributed by atoms with Crippen LogP contribution in [0.2, 0.25) is 0 Å². The van der Waals surface area contributed by atoms with Crippen LogP contribution in [-0.2, 0) is 19.2 Å². The second-order valence-corrected chi connectivity index (χ2v) is 15.4. The third-order valence-corrected chi connectivity index (χ3v) is 10.5. The van der Waals surface area contributed by atoms with Crippen molar-refractivity contribution in [3.63, 3.8) is 0 Å². The molecule has 16 nitrogen and oxygen atoms in total. The number of aromatic nitrogens is 2. The summed E-state index contributed by atoms with van der Waals surface area (Å²) < 4.78 is 0. The molecule has 1 aliphatic rings. The van der Waals surface area contributed by atoms with Gasteiger partial charge in [0.25, 0.3) is 11.8 Å². The Morgan fingerprint density at radius 3 is 1.35 bits per heavy atom. The van der Waals surface area contributed by atoms with Crippen LogP contribution in [0.3, 0.4) is 0 Å². The maximum atomic E-state index is 13.7. The number of amides is 6. The van der Waals surface area contributed by atoms with Crippen molar-refractivity contribution in [3.05, 3.63) is 32.2 Å². The Labute approximate surface area is 305 Å². The van der Waals surface area contributed by atoms with Crippen LogP contribution in [-0.4, -0.2) is 92.0 Å². The molecular formula is C33H50N8O8S2. The van der Waals surface area contributed by atoms with E-state index in [0.29, 0.717) is 16.4 Å². The van der Waals surface area contributed by atoms with Crippen molar-refractivity contribution in [1.82, 2.24) is 41.9 Å². The Bertz CT molecular complexity index is 1570. The van der Waals surface area contributed by atoms with Crippen LogP contribution in [0.25, 0.3) is 0 Å². The van der Waals surface area contributed by atoms with Crippen LogP contribution in [0.15, 0.2) is 10.8 Å². The summed E-state index contributed by atoms with van der Waals surface area (Å²) in [6.07, 6.45) is -2.15. The molecule has 0 aromatic carbocycles. The summed E-state index contributed by atoms with van der Waals surface area (Å²) in [6.45, 7) is 15.0. The molecule has 1 aliphatic heterocycles. The van der Waals surface area contributed by atoms with E-state index < -0.39 is 83.9 Å². The van der Waals surface area contributed by atoms with Gasteiger partial charge in [-0.3, -0.25) is 28.8 Å². The zero-order chi connectivity index (χ0) is 38.3. The molecule has 282 valence electrons. The lowest BCUT2D eigenvalue weighted by Crippen LogP contribution is -2.59. The molecular weight excluding hydrogens is 701 g/mol. The molecule has 0 fully saturated rings. The molecule has 51 heavy (non-hydrogen) atoms. The monoisotopic (exact) mass is 750 g/mol. The molecule has 0 aliphatic carbocycles. The number of nitrogens with zero attached hydrogens (tertiary/aromatic N) is 2. The van der Waals surface area contributed by atoms with Gasteiger partial charge in [-0.2, -0.15) is 0 Å². The third-order valence-electron chi connectivity index (χ3n) is 8.62. The van der Waals surface area contributed by atoms with Crippen LogP contribution in [0.5, 0.6) is 0 Å². The first-order chi connectivity index (χ1) is 23.9. The first-order valence-electron chi connectivity index (χ1n) is 17.0. The van der Waals surface area contributed by atoms with E-state index in [1.54, 1.807) is 6.92 Å². The molecule has 1 unspecified atom stereocenters. The van der Waals surface area contributed by atoms with Gasteiger partial charge in [-0.05, 0) is 38.5 Å². The van der Waals surface area contributed by atoms with E-state index in [2.05, 4.69) is 41.9 Å². The van der Waals surface area contributed by atoms with Gasteiger partial charge in [-0.1, -0.05) is 48.0 Å². The summed E-state index contributed by atoms with van der Waals surface area (Å²) >= 11 is 2.20. The lowest BCUT2D eigenvalue weighted by Gasteiger charge is -2.29. The fourth-order valence-corrected chi connectivity index (χ4v) is 7.21. The minimum atomic E-state index is -1.40. The third kappa shape index (κ3) is 10.5. The average Bonchev–Trinajstić information content (AvgIpc) is 3.75. The Morgan fingerprint density at radius 2 is 0.961 bits per heavy atom. The van der Waals surface area contributed by atoms with Gasteiger partial charge in [0, 0.05) is 10.8 Å². The SMILES string of the molecule is CCC(C)[C@@H]1NC(=O)c2csc(n2)[C@@H](C(C)C)NC(=O)[C@H]([C@@H](C)O)NC(=O)[C@H](C)NC(=O)c2csc(n2)[C@@H](C(C)C)NC(=O)[C@H]([C@@H](C)O)NC1=O. The van der Waals surface area contributed by atoms with E-state index >= 15 is 0 Å². The minimum absolute atomic E-state index is 0.0113. The molecule has 8 N–H and O–H groups in total. The summed E-state index contributed by atoms with van der Waals surface area (Å²) in [5, 5.41) is 40.7. The lowest BCUT2D eigenvalue weighted by atomic mass is 9.97. The number of hydrogen-bond acceptors (Lipinski definition) is 12. The van der Waals surface area contributed by atoms with Gasteiger partial charge in [0.15, 0.2) is 0 Å². The van der Waals surface area contributed by atoms with E-state index in [0.717, 1.165) is 22.7 Å². The quantitative estimate of drug-likeness (QED) is 0.208. The Hall–Kier alpha value is -4.00. The van der Waals surface area contributed by atoms with E-state index in [4.69, 9.17) is 0 Å². The summed E-state index contributed by atoms with van der Waals surface area (Å²) in [4.78, 5) is 89.3. The van der Waals surface area contributed by atoms with Crippen LogP contribution < -0.4 is 31.9 Å². The smallest absolute Gasteiger partial charge is 0.271 e. The van der Waals surface area contributed by atoms with Crippen molar-refractivity contribution in [2.24, 2.45) is 17.8 Å². The zero-order valence-electron chi connectivity index (χ0n) is 30.3. The number of nitrogens with one attached hydrogen (secondary N) is 6. The van der Waals surface area contributed by atoms with E-state index in [-0.39, 0.29) is 29.1 Å². The number of fused-ring (bicyclic) bond motifs is 4. The van der Waals surface area contributed by atoms with Crippen LogP contribution in [0.1, 0.15) is 112 Å². The molecule has 3 heterocycles. The number of aliphatic hydroxyl groups excluding tert-OH is 2. The standard InChI is InChI=1S/C33H50N8O8S2/c1-10-15(6)23-29(47)41-25(18(9)43)31(49)38-21(13(2)3)32-35-19(11-50-32)27(45)34-16(7)26(44)40-24(17(8)42)30(48)37-22(14(4)5)33-36-20(12-51-33)28(46)39-23/h11-18,21-25,42-43H,10H2,1-9H3,(H,34,45)(H,37,48)(H,38,49)(H,39,46)(H,40,44)(H,41,47)/t15?,16-,17+,18+,21+,22+,23-,24-,25-/m0/s1. The molecule has 0 spiro atoms. The number of aliphatic hydroxyl groups is 2. The molecule has 3 rings (SSSR count). The van der Waals surface area contributed by atoms with Crippen molar-refractivity contribution >= 4 is 58.1 Å². The first kappa shape index (κ1) is 41.4. The molecule has 2 aromatic rings. The van der Waals surface area contributed by atoms with Crippen molar-refractivity contribution in [2.75, 3.05) is 0 Å². The molecule has 9 atom stereocenters. The van der Waals surface area contributed by atoms with Crippen LogP contribution in [0.4, 0.5) is 0 Å². The Kier molecular flexibility index (Phi) is 14.6. The molecule has 0 saturated carbocycles. The van der Waals surface area contributed by atoms with Gasteiger partial charge in [0.2, 0.25) is 23.6 Å². The van der Waals surface area contributed by atoms with Gasteiger partial charge >= 0.3 is 0 Å². The van der Waals surface area contributed by atoms with E-state index in [1.807, 2.05) is 34.6 Å². The van der Waals surface area contributed by atoms with Crippen molar-refractivity contribution in [1.29, 1.82) is 0 Å². The van der Waals surface area contributed by atoms with Gasteiger partial charge in [-0.25, -0.2) is 9.97 Å². The van der Waals surface area contributed by atoms with Gasteiger partial charge < -0.3 is 42.1 Å². The van der Waals surface area contributed by atoms with Crippen LogP contribution >= 0.6 is 22.7 Å². The number of rotatable bonds is 6. The Morgan fingerprint density at radius 1 is 0.588 bits per heavy atom. The highest BCUT2D eigenvalue weighted by atomic mass is 32.1. The molecule has 6 amide bonds. The maximum Gasteiger partial charge on any atom is 0.271 e. The topological polar surface area (TPSA) is 241 Å². The minimum Gasteiger partial charge on any atom is -0.391 e. The molecule has 2 aromatic heterocycles. The predicted molar refractivity (Wildman–Crippen MR) is 191 cm³/mol. The molecule has 18 heteroatoms. The lowest BCUT2D eigenvalue weighted by molar-refractivity contribution is -0.133. The average molecular weight is 751 g/mol. The number of thiazole rings is 2. The van der Waals surface area contributed by atoms with Gasteiger partial charge in [0.05, 0.1) is 24.3 Å². The Balaban J connectivity index is 2.07. The zero-order valence-corrected chi connectivity index (χ0v) is 31.9. The molecule has 0 saturated heterocycles. The number of carbonyl (C=O) groups is 6. The predicted octanol–water partition coefficient (Wildman–Crippen LogP) is 0.934. The van der Waals surface area contributed by atoms with Gasteiger partial charge in [-0.15, -0.1) is 22.7 Å². The van der Waals surface area contributed by atoms with Crippen molar-refractivity contribution < 1.29 is 39.0 Å². The highest BCUT2D eigenvalue weighted by molar-refractivity contribution is 7.10. The molecule has 0 radical (unpaired) electrons. The first-order valence-corrected chi connectivity index (χ1v) is 18.7. The fraction of sp³-hybridized carbons (Fsp3) is 0.636. The second kappa shape index (κ2) is 18.0.